The molecule has 1 heterocycles. The van der Waals surface area contributed by atoms with E-state index in [2.05, 4.69) is 71.7 Å². The van der Waals surface area contributed by atoms with Gasteiger partial charge < -0.3 is 15.1 Å². The topological polar surface area (TPSA) is 44.3 Å². The number of anilines is 3. The molecule has 2 aromatic carbocycles. The molecule has 0 spiro atoms. The lowest BCUT2D eigenvalue weighted by Crippen LogP contribution is -2.27. The zero-order valence-electron chi connectivity index (χ0n) is 22.1. The predicted molar refractivity (Wildman–Crippen MR) is 151 cm³/mol. The number of para-hydroxylation sites is 1. The van der Waals surface area contributed by atoms with E-state index in [0.29, 0.717) is 6.04 Å². The number of nitrogens with zero attached hydrogens (tertiary/aromatic N) is 4. The monoisotopic (exact) mass is 473 g/mol. The van der Waals surface area contributed by atoms with Crippen LogP contribution in [0.4, 0.5) is 17.5 Å². The van der Waals surface area contributed by atoms with Gasteiger partial charge in [0.1, 0.15) is 5.82 Å². The van der Waals surface area contributed by atoms with Crippen LogP contribution in [-0.2, 0) is 6.42 Å². The van der Waals surface area contributed by atoms with Crippen LogP contribution in [0.15, 0.2) is 48.5 Å². The van der Waals surface area contributed by atoms with Gasteiger partial charge in [-0.1, -0.05) is 49.9 Å². The highest BCUT2D eigenvalue weighted by Gasteiger charge is 2.22. The molecular weight excluding hydrogens is 430 g/mol. The van der Waals surface area contributed by atoms with E-state index < -0.39 is 0 Å². The normalized spacial score (nSPS) is 17.9. The third kappa shape index (κ3) is 7.09. The Hall–Kier alpha value is -2.82. The number of aryl methyl sites for hydroxylation is 1. The summed E-state index contributed by atoms with van der Waals surface area (Å²) in [5.74, 6) is 2.64. The standard InChI is InChI=1S/C30H43N5/c1-34(2)26-21-17-24(18-22-26)12-8-6-5-7-11-23-15-19-25(20-16-23)31-30-32-28-14-10-9-13-27(28)29(33-30)35(3)4/h9-10,13-14,17-18,21-23,25H,5-8,11-12,15-16,19-20H2,1-4H3,(H,31,32,33). The molecule has 0 saturated heterocycles. The summed E-state index contributed by atoms with van der Waals surface area (Å²) < 4.78 is 0. The van der Waals surface area contributed by atoms with Gasteiger partial charge in [0.25, 0.3) is 0 Å². The van der Waals surface area contributed by atoms with Crippen molar-refractivity contribution in [3.8, 4) is 0 Å². The lowest BCUT2D eigenvalue weighted by atomic mass is 9.83. The first kappa shape index (κ1) is 25.3. The van der Waals surface area contributed by atoms with Crippen molar-refractivity contribution in [2.45, 2.75) is 70.3 Å². The largest absolute Gasteiger partial charge is 0.378 e. The van der Waals surface area contributed by atoms with Gasteiger partial charge in [-0.2, -0.15) is 4.98 Å². The van der Waals surface area contributed by atoms with Gasteiger partial charge in [-0.3, -0.25) is 0 Å². The number of fused-ring (bicyclic) bond motifs is 1. The predicted octanol–water partition coefficient (Wildman–Crippen LogP) is 6.93. The molecule has 0 bridgehead atoms. The van der Waals surface area contributed by atoms with E-state index in [-0.39, 0.29) is 0 Å². The quantitative estimate of drug-likeness (QED) is 0.306. The number of hydrogen-bond donors (Lipinski definition) is 1. The van der Waals surface area contributed by atoms with E-state index in [1.807, 2.05) is 20.2 Å². The Kier molecular flexibility index (Phi) is 8.84. The molecule has 1 aromatic heterocycles. The molecule has 5 heteroatoms. The fraction of sp³-hybridized carbons (Fsp3) is 0.533. The van der Waals surface area contributed by atoms with E-state index in [1.54, 1.807) is 0 Å². The molecule has 1 N–H and O–H groups in total. The van der Waals surface area contributed by atoms with Crippen molar-refractivity contribution in [2.75, 3.05) is 43.3 Å². The van der Waals surface area contributed by atoms with Gasteiger partial charge >= 0.3 is 0 Å². The van der Waals surface area contributed by atoms with Crippen molar-refractivity contribution in [2.24, 2.45) is 5.92 Å². The van der Waals surface area contributed by atoms with Crippen LogP contribution in [0.5, 0.6) is 0 Å². The summed E-state index contributed by atoms with van der Waals surface area (Å²) in [6.07, 6.45) is 13.1. The SMILES string of the molecule is CN(C)c1ccc(CCCCCCC2CCC(Nc3nc(N(C)C)c4ccccc4n3)CC2)cc1. The van der Waals surface area contributed by atoms with Crippen LogP contribution in [-0.4, -0.2) is 44.2 Å². The van der Waals surface area contributed by atoms with E-state index >= 15 is 0 Å². The van der Waals surface area contributed by atoms with Crippen LogP contribution in [0.25, 0.3) is 10.9 Å². The first-order valence-electron chi connectivity index (χ1n) is 13.5. The molecule has 1 aliphatic rings. The summed E-state index contributed by atoms with van der Waals surface area (Å²) in [6, 6.07) is 17.8. The second kappa shape index (κ2) is 12.2. The van der Waals surface area contributed by atoms with Crippen LogP contribution in [0.1, 0.15) is 63.4 Å². The number of unbranched alkanes of at least 4 members (excludes halogenated alkanes) is 3. The van der Waals surface area contributed by atoms with Crippen LogP contribution in [0.2, 0.25) is 0 Å². The minimum Gasteiger partial charge on any atom is -0.378 e. The van der Waals surface area contributed by atoms with Crippen molar-refractivity contribution in [1.29, 1.82) is 0 Å². The minimum absolute atomic E-state index is 0.487. The molecule has 0 amide bonds. The second-order valence-corrected chi connectivity index (χ2v) is 10.7. The molecule has 0 unspecified atom stereocenters. The van der Waals surface area contributed by atoms with Gasteiger partial charge in [-0.15, -0.1) is 0 Å². The van der Waals surface area contributed by atoms with Crippen molar-refractivity contribution in [3.63, 3.8) is 0 Å². The van der Waals surface area contributed by atoms with Crippen LogP contribution in [0, 0.1) is 5.92 Å². The highest BCUT2D eigenvalue weighted by Crippen LogP contribution is 2.31. The van der Waals surface area contributed by atoms with Crippen molar-refractivity contribution < 1.29 is 0 Å². The van der Waals surface area contributed by atoms with Crippen LogP contribution >= 0.6 is 0 Å². The third-order valence-corrected chi connectivity index (χ3v) is 7.47. The zero-order valence-corrected chi connectivity index (χ0v) is 22.1. The first-order valence-corrected chi connectivity index (χ1v) is 13.5. The van der Waals surface area contributed by atoms with Crippen LogP contribution in [0.3, 0.4) is 0 Å². The molecule has 5 nitrogen and oxygen atoms in total. The third-order valence-electron chi connectivity index (χ3n) is 7.47. The van der Waals surface area contributed by atoms with E-state index in [4.69, 9.17) is 9.97 Å². The Morgan fingerprint density at radius 1 is 0.771 bits per heavy atom. The summed E-state index contributed by atoms with van der Waals surface area (Å²) in [6.45, 7) is 0. The Balaban J connectivity index is 1.14. The molecule has 35 heavy (non-hydrogen) atoms. The molecule has 3 aromatic rings. The summed E-state index contributed by atoms with van der Waals surface area (Å²) in [5, 5.41) is 4.75. The molecule has 1 saturated carbocycles. The molecule has 1 aliphatic carbocycles. The molecule has 188 valence electrons. The van der Waals surface area contributed by atoms with Crippen molar-refractivity contribution >= 4 is 28.4 Å². The number of aromatic nitrogens is 2. The summed E-state index contributed by atoms with van der Waals surface area (Å²) in [4.78, 5) is 13.9. The van der Waals surface area contributed by atoms with E-state index in [1.165, 1.54) is 75.5 Å². The molecule has 0 aliphatic heterocycles. The van der Waals surface area contributed by atoms with Gasteiger partial charge in [-0.25, -0.2) is 4.98 Å². The van der Waals surface area contributed by atoms with Crippen molar-refractivity contribution in [3.05, 3.63) is 54.1 Å². The Labute approximate surface area is 212 Å². The Bertz CT molecular complexity index is 1050. The number of hydrogen-bond acceptors (Lipinski definition) is 5. The van der Waals surface area contributed by atoms with Gasteiger partial charge in [0.15, 0.2) is 0 Å². The average molecular weight is 474 g/mol. The summed E-state index contributed by atoms with van der Waals surface area (Å²) in [5.41, 5.74) is 3.75. The summed E-state index contributed by atoms with van der Waals surface area (Å²) in [7, 11) is 8.29. The molecule has 1 fully saturated rings. The van der Waals surface area contributed by atoms with E-state index in [9.17, 15) is 0 Å². The highest BCUT2D eigenvalue weighted by atomic mass is 15.2. The maximum atomic E-state index is 4.83. The van der Waals surface area contributed by atoms with Gasteiger partial charge in [0.05, 0.1) is 5.52 Å². The van der Waals surface area contributed by atoms with Gasteiger partial charge in [0, 0.05) is 45.3 Å². The van der Waals surface area contributed by atoms with Gasteiger partial charge in [-0.05, 0) is 74.3 Å². The van der Waals surface area contributed by atoms with Gasteiger partial charge in [0.2, 0.25) is 5.95 Å². The zero-order chi connectivity index (χ0) is 24.6. The van der Waals surface area contributed by atoms with E-state index in [0.717, 1.165) is 28.6 Å². The second-order valence-electron chi connectivity index (χ2n) is 10.7. The summed E-state index contributed by atoms with van der Waals surface area (Å²) >= 11 is 0. The lowest BCUT2D eigenvalue weighted by Gasteiger charge is -2.29. The minimum atomic E-state index is 0.487. The maximum absolute atomic E-state index is 4.83. The fourth-order valence-electron chi connectivity index (χ4n) is 5.32. The molecule has 0 atom stereocenters. The number of benzene rings is 2. The Morgan fingerprint density at radius 2 is 1.49 bits per heavy atom. The number of rotatable bonds is 11. The van der Waals surface area contributed by atoms with Crippen molar-refractivity contribution in [1.82, 2.24) is 9.97 Å². The lowest BCUT2D eigenvalue weighted by molar-refractivity contribution is 0.311. The first-order chi connectivity index (χ1) is 17.0. The highest BCUT2D eigenvalue weighted by molar-refractivity contribution is 5.90. The smallest absolute Gasteiger partial charge is 0.225 e. The average Bonchev–Trinajstić information content (AvgIpc) is 2.86. The molecule has 0 radical (unpaired) electrons. The Morgan fingerprint density at radius 3 is 2.20 bits per heavy atom. The maximum Gasteiger partial charge on any atom is 0.225 e. The molecule has 4 rings (SSSR count). The number of nitrogens with one attached hydrogen (secondary N) is 1. The van der Waals surface area contributed by atoms with Crippen LogP contribution < -0.4 is 15.1 Å². The molecular formula is C30H43N5. The fourth-order valence-corrected chi connectivity index (χ4v) is 5.32.